The SMILES string of the molecule is COC(=O)COc1ccc2oc(-c3ccc(OC)cc3)cc(=Nc3nc(-c4ccc(OC)cc4)c(C)s3)c2c1. The summed E-state index contributed by atoms with van der Waals surface area (Å²) in [5.74, 6) is 2.19. The highest BCUT2D eigenvalue weighted by Gasteiger charge is 2.13. The van der Waals surface area contributed by atoms with Gasteiger partial charge in [-0.2, -0.15) is 0 Å². The number of hydrogen-bond acceptors (Lipinski definition) is 9. The molecule has 0 aliphatic heterocycles. The van der Waals surface area contributed by atoms with Gasteiger partial charge in [-0.3, -0.25) is 0 Å². The van der Waals surface area contributed by atoms with Crippen LogP contribution in [0.4, 0.5) is 5.13 Å². The molecule has 2 heterocycles. The van der Waals surface area contributed by atoms with Crippen LogP contribution in [-0.2, 0) is 9.53 Å². The van der Waals surface area contributed by atoms with Crippen LogP contribution >= 0.6 is 11.3 Å². The molecule has 9 heteroatoms. The number of carbonyl (C=O) groups excluding carboxylic acids is 1. The molecule has 3 aromatic carbocycles. The molecule has 39 heavy (non-hydrogen) atoms. The lowest BCUT2D eigenvalue weighted by molar-refractivity contribution is -0.142. The van der Waals surface area contributed by atoms with Crippen LogP contribution in [0.3, 0.4) is 0 Å². The molecule has 5 aromatic rings. The topological polar surface area (TPSA) is 92.4 Å². The van der Waals surface area contributed by atoms with E-state index in [1.807, 2.05) is 61.5 Å². The molecule has 0 atom stereocenters. The van der Waals surface area contributed by atoms with Gasteiger partial charge in [0.05, 0.1) is 32.4 Å². The first-order chi connectivity index (χ1) is 19.0. The van der Waals surface area contributed by atoms with Crippen molar-refractivity contribution >= 4 is 33.4 Å². The number of rotatable bonds is 8. The van der Waals surface area contributed by atoms with Gasteiger partial charge in [0.25, 0.3) is 0 Å². The first-order valence-corrected chi connectivity index (χ1v) is 12.9. The van der Waals surface area contributed by atoms with Crippen molar-refractivity contribution in [1.82, 2.24) is 4.98 Å². The number of methoxy groups -OCH3 is 3. The van der Waals surface area contributed by atoms with E-state index in [1.165, 1.54) is 18.4 Å². The maximum atomic E-state index is 11.6. The molecule has 198 valence electrons. The lowest BCUT2D eigenvalue weighted by Crippen LogP contribution is -2.12. The van der Waals surface area contributed by atoms with Crippen molar-refractivity contribution in [3.63, 3.8) is 0 Å². The van der Waals surface area contributed by atoms with Gasteiger partial charge in [-0.25, -0.2) is 14.8 Å². The third-order valence-corrected chi connectivity index (χ3v) is 6.90. The summed E-state index contributed by atoms with van der Waals surface area (Å²) in [7, 11) is 4.59. The molecular weight excluding hydrogens is 516 g/mol. The van der Waals surface area contributed by atoms with Crippen LogP contribution in [0.5, 0.6) is 17.2 Å². The molecule has 0 aliphatic carbocycles. The first kappa shape index (κ1) is 26.0. The summed E-state index contributed by atoms with van der Waals surface area (Å²) in [4.78, 5) is 22.4. The van der Waals surface area contributed by atoms with Crippen LogP contribution in [0.25, 0.3) is 33.6 Å². The van der Waals surface area contributed by atoms with E-state index in [0.717, 1.165) is 33.2 Å². The molecule has 0 spiro atoms. The van der Waals surface area contributed by atoms with Gasteiger partial charge in [0.15, 0.2) is 6.61 Å². The number of carbonyl (C=O) groups is 1. The first-order valence-electron chi connectivity index (χ1n) is 12.1. The average Bonchev–Trinajstić information content (AvgIpc) is 3.35. The zero-order valence-electron chi connectivity index (χ0n) is 21.9. The molecule has 2 aromatic heterocycles. The summed E-state index contributed by atoms with van der Waals surface area (Å²) in [5.41, 5.74) is 3.32. The predicted octanol–water partition coefficient (Wildman–Crippen LogP) is 6.33. The van der Waals surface area contributed by atoms with E-state index in [4.69, 9.17) is 28.6 Å². The second kappa shape index (κ2) is 11.4. The minimum atomic E-state index is -0.469. The number of benzene rings is 3. The molecule has 0 radical (unpaired) electrons. The Balaban J connectivity index is 1.62. The van der Waals surface area contributed by atoms with Gasteiger partial charge in [-0.1, -0.05) is 11.3 Å². The maximum Gasteiger partial charge on any atom is 0.343 e. The van der Waals surface area contributed by atoms with E-state index in [0.29, 0.717) is 33.0 Å². The fourth-order valence-electron chi connectivity index (χ4n) is 3.98. The quantitative estimate of drug-likeness (QED) is 0.212. The van der Waals surface area contributed by atoms with Gasteiger partial charge in [0.1, 0.15) is 28.6 Å². The molecule has 0 fully saturated rings. The Bertz CT molecular complexity index is 1690. The molecule has 0 N–H and O–H groups in total. The minimum absolute atomic E-state index is 0.202. The van der Waals surface area contributed by atoms with Crippen molar-refractivity contribution in [3.05, 3.63) is 83.0 Å². The Morgan fingerprint density at radius 2 is 1.51 bits per heavy atom. The molecule has 0 bridgehead atoms. The number of thiazole rings is 1. The third kappa shape index (κ3) is 5.78. The van der Waals surface area contributed by atoms with Gasteiger partial charge in [0, 0.05) is 27.5 Å². The highest BCUT2D eigenvalue weighted by molar-refractivity contribution is 7.15. The number of esters is 1. The van der Waals surface area contributed by atoms with Crippen LogP contribution in [0.1, 0.15) is 4.88 Å². The second-order valence-electron chi connectivity index (χ2n) is 8.49. The number of ether oxygens (including phenoxy) is 4. The minimum Gasteiger partial charge on any atom is -0.497 e. The standard InChI is InChI=1S/C30H26N2O6S/c1-18-29(20-7-11-22(35-3)12-8-20)32-30(39-18)31-25-16-27(19-5-9-21(34-2)10-6-19)38-26-14-13-23(15-24(25)26)37-17-28(33)36-4/h5-16H,17H2,1-4H3. The Kier molecular flexibility index (Phi) is 7.60. The Hall–Kier alpha value is -4.63. The van der Waals surface area contributed by atoms with Crippen molar-refractivity contribution in [3.8, 4) is 39.8 Å². The van der Waals surface area contributed by atoms with E-state index in [1.54, 1.807) is 32.4 Å². The van der Waals surface area contributed by atoms with Crippen molar-refractivity contribution in [2.24, 2.45) is 4.99 Å². The molecule has 5 rings (SSSR count). The largest absolute Gasteiger partial charge is 0.497 e. The summed E-state index contributed by atoms with van der Waals surface area (Å²) in [6, 6.07) is 22.6. The van der Waals surface area contributed by atoms with Crippen LogP contribution in [0, 0.1) is 6.92 Å². The number of nitrogens with zero attached hydrogens (tertiary/aromatic N) is 2. The summed E-state index contributed by atoms with van der Waals surface area (Å²) in [6.45, 7) is 1.82. The van der Waals surface area contributed by atoms with E-state index < -0.39 is 5.97 Å². The molecule has 0 amide bonds. The van der Waals surface area contributed by atoms with Crippen molar-refractivity contribution in [2.75, 3.05) is 27.9 Å². The monoisotopic (exact) mass is 542 g/mol. The van der Waals surface area contributed by atoms with Crippen molar-refractivity contribution in [1.29, 1.82) is 0 Å². The Morgan fingerprint density at radius 1 is 0.872 bits per heavy atom. The normalized spacial score (nSPS) is 11.4. The third-order valence-electron chi connectivity index (χ3n) is 6.04. The Labute approximate surface area is 229 Å². The predicted molar refractivity (Wildman–Crippen MR) is 150 cm³/mol. The van der Waals surface area contributed by atoms with Gasteiger partial charge < -0.3 is 23.4 Å². The van der Waals surface area contributed by atoms with Gasteiger partial charge in [-0.05, 0) is 73.7 Å². The second-order valence-corrected chi connectivity index (χ2v) is 9.67. The average molecular weight is 543 g/mol. The molecule has 0 aliphatic rings. The molecule has 0 saturated heterocycles. The van der Waals surface area contributed by atoms with E-state index in [9.17, 15) is 4.79 Å². The van der Waals surface area contributed by atoms with E-state index in [-0.39, 0.29) is 6.61 Å². The molecule has 0 unspecified atom stereocenters. The highest BCUT2D eigenvalue weighted by atomic mass is 32.1. The zero-order chi connectivity index (χ0) is 27.4. The molecular formula is C30H26N2O6S. The summed E-state index contributed by atoms with van der Waals surface area (Å²) >= 11 is 1.50. The number of aromatic nitrogens is 1. The lowest BCUT2D eigenvalue weighted by Gasteiger charge is -2.08. The number of hydrogen-bond donors (Lipinski definition) is 0. The lowest BCUT2D eigenvalue weighted by atomic mass is 10.1. The van der Waals surface area contributed by atoms with Gasteiger partial charge in [0.2, 0.25) is 5.13 Å². The van der Waals surface area contributed by atoms with Crippen molar-refractivity contribution in [2.45, 2.75) is 6.92 Å². The number of fused-ring (bicyclic) bond motifs is 1. The van der Waals surface area contributed by atoms with Gasteiger partial charge in [-0.15, -0.1) is 0 Å². The van der Waals surface area contributed by atoms with E-state index >= 15 is 0 Å². The van der Waals surface area contributed by atoms with E-state index in [2.05, 4.69) is 4.74 Å². The number of aryl methyl sites for hydroxylation is 1. The van der Waals surface area contributed by atoms with Crippen LogP contribution < -0.4 is 19.6 Å². The van der Waals surface area contributed by atoms with Crippen LogP contribution in [0.15, 0.2) is 82.2 Å². The van der Waals surface area contributed by atoms with Crippen LogP contribution in [0.2, 0.25) is 0 Å². The van der Waals surface area contributed by atoms with Crippen LogP contribution in [-0.4, -0.2) is 38.9 Å². The van der Waals surface area contributed by atoms with Crippen molar-refractivity contribution < 1.29 is 28.2 Å². The Morgan fingerprint density at radius 3 is 2.15 bits per heavy atom. The maximum absolute atomic E-state index is 11.6. The molecule has 0 saturated carbocycles. The zero-order valence-corrected chi connectivity index (χ0v) is 22.7. The summed E-state index contributed by atoms with van der Waals surface area (Å²) in [5, 5.41) is 1.97. The highest BCUT2D eigenvalue weighted by Crippen LogP contribution is 2.33. The summed E-state index contributed by atoms with van der Waals surface area (Å²) < 4.78 is 27.1. The smallest absolute Gasteiger partial charge is 0.343 e. The fourth-order valence-corrected chi connectivity index (χ4v) is 4.79. The molecule has 8 nitrogen and oxygen atoms in total. The van der Waals surface area contributed by atoms with Gasteiger partial charge >= 0.3 is 5.97 Å². The fraction of sp³-hybridized carbons (Fsp3) is 0.167. The summed E-state index contributed by atoms with van der Waals surface area (Å²) in [6.07, 6.45) is 0.